The third kappa shape index (κ3) is 8.16. The van der Waals surface area contributed by atoms with Crippen LogP contribution >= 0.6 is 22.7 Å². The minimum Gasteiger partial charge on any atom is -0.381 e. The first-order chi connectivity index (χ1) is 28.9. The van der Waals surface area contributed by atoms with Gasteiger partial charge in [-0.15, -0.1) is 22.7 Å². The normalized spacial score (nSPS) is 19.9. The predicted molar refractivity (Wildman–Crippen MR) is 234 cm³/mol. The number of benzene rings is 2. The van der Waals surface area contributed by atoms with Crippen LogP contribution in [0.3, 0.4) is 0 Å². The molecule has 4 atom stereocenters. The summed E-state index contributed by atoms with van der Waals surface area (Å²) >= 11 is 2.67. The van der Waals surface area contributed by atoms with Gasteiger partial charge in [0.2, 0.25) is 11.8 Å². The Morgan fingerprint density at radius 3 is 2.05 bits per heavy atom. The van der Waals surface area contributed by atoms with E-state index in [0.717, 1.165) is 26.2 Å². The number of hydrogen-bond acceptors (Lipinski definition) is 12. The van der Waals surface area contributed by atoms with Gasteiger partial charge in [0, 0.05) is 69.9 Å². The number of amides is 6. The van der Waals surface area contributed by atoms with Gasteiger partial charge in [0.15, 0.2) is 0 Å². The van der Waals surface area contributed by atoms with Gasteiger partial charge in [-0.1, -0.05) is 13.2 Å². The van der Waals surface area contributed by atoms with Crippen LogP contribution in [-0.2, 0) is 16.0 Å². The molecule has 3 aliphatic rings. The summed E-state index contributed by atoms with van der Waals surface area (Å²) in [6.07, 6.45) is 4.04. The molecule has 1 saturated heterocycles. The van der Waals surface area contributed by atoms with Crippen molar-refractivity contribution < 1.29 is 28.8 Å². The molecule has 18 heteroatoms. The lowest BCUT2D eigenvalue weighted by molar-refractivity contribution is -0.117. The predicted octanol–water partition coefficient (Wildman–Crippen LogP) is 3.91. The highest BCUT2D eigenvalue weighted by atomic mass is 32.1. The third-order valence-electron chi connectivity index (χ3n) is 10.6. The first-order valence-corrected chi connectivity index (χ1v) is 20.9. The molecule has 0 aliphatic carbocycles. The van der Waals surface area contributed by atoms with Gasteiger partial charge in [-0.3, -0.25) is 33.8 Å². The highest BCUT2D eigenvalue weighted by molar-refractivity contribution is 7.22. The molecule has 0 radical (unpaired) electrons. The molecule has 0 unspecified atom stereocenters. The van der Waals surface area contributed by atoms with Crippen LogP contribution in [0.15, 0.2) is 74.0 Å². The van der Waals surface area contributed by atoms with Gasteiger partial charge in [-0.25, -0.2) is 0 Å². The van der Waals surface area contributed by atoms with Gasteiger partial charge in [-0.2, -0.15) is 0 Å². The fourth-order valence-electron chi connectivity index (χ4n) is 7.63. The van der Waals surface area contributed by atoms with Crippen LogP contribution < -0.4 is 42.5 Å². The highest BCUT2D eigenvalue weighted by Crippen LogP contribution is 2.39. The number of fused-ring (bicyclic) bond motifs is 6. The van der Waals surface area contributed by atoms with Gasteiger partial charge in [0.25, 0.3) is 23.6 Å². The van der Waals surface area contributed by atoms with Crippen molar-refractivity contribution in [2.75, 3.05) is 54.5 Å². The van der Waals surface area contributed by atoms with Gasteiger partial charge >= 0.3 is 0 Å². The molecule has 2 aromatic carbocycles. The number of likely N-dealkylation sites (tertiary alicyclic amines) is 1. The number of carbonyl (C=O) groups excluding carboxylic acids is 6. The van der Waals surface area contributed by atoms with Crippen molar-refractivity contribution in [2.24, 2.45) is 0 Å². The summed E-state index contributed by atoms with van der Waals surface area (Å²) in [5.41, 5.74) is 3.20. The SMILES string of the molecule is C=CC(=O)Nc1cc(NC(=O)c2ccc3sc4c(c3c2)NC[C@@H](C)NC4=O)cnc1C[C@@H]1CNc2c(sc3ccc(C(=O)N[C@@H]4CN(C)C[C@@H]4NC(=O)C=C)cc23)C(=O)N1. The van der Waals surface area contributed by atoms with E-state index in [1.54, 1.807) is 30.3 Å². The van der Waals surface area contributed by atoms with E-state index in [2.05, 4.69) is 60.7 Å². The number of likely N-dealkylation sites (N-methyl/N-ethyl adjacent to an activating group) is 1. The molecule has 0 spiro atoms. The molecule has 16 nitrogen and oxygen atoms in total. The van der Waals surface area contributed by atoms with Gasteiger partial charge < -0.3 is 47.4 Å². The molecule has 308 valence electrons. The topological polar surface area (TPSA) is 215 Å². The molecule has 6 heterocycles. The zero-order chi connectivity index (χ0) is 42.2. The summed E-state index contributed by atoms with van der Waals surface area (Å²) in [7, 11) is 1.92. The second-order valence-electron chi connectivity index (χ2n) is 15.0. The van der Waals surface area contributed by atoms with Crippen LogP contribution in [0.25, 0.3) is 20.2 Å². The molecule has 5 aromatic rings. The molecule has 3 aromatic heterocycles. The van der Waals surface area contributed by atoms with Crippen LogP contribution in [0.2, 0.25) is 0 Å². The van der Waals surface area contributed by atoms with Crippen LogP contribution in [0.4, 0.5) is 22.7 Å². The van der Waals surface area contributed by atoms with Crippen molar-refractivity contribution in [3.05, 3.63) is 101 Å². The molecule has 0 bridgehead atoms. The first kappa shape index (κ1) is 40.2. The molecule has 6 amide bonds. The van der Waals surface area contributed by atoms with Crippen LogP contribution in [0.5, 0.6) is 0 Å². The molecular weight excluding hydrogens is 805 g/mol. The van der Waals surface area contributed by atoms with Gasteiger partial charge in [0.1, 0.15) is 9.75 Å². The van der Waals surface area contributed by atoms with Crippen molar-refractivity contribution in [3.8, 4) is 0 Å². The smallest absolute Gasteiger partial charge is 0.263 e. The molecule has 3 aliphatic heterocycles. The summed E-state index contributed by atoms with van der Waals surface area (Å²) in [4.78, 5) is 85.7. The lowest BCUT2D eigenvalue weighted by atomic mass is 10.1. The number of nitrogens with one attached hydrogen (secondary N) is 8. The third-order valence-corrected chi connectivity index (χ3v) is 12.9. The van der Waals surface area contributed by atoms with E-state index >= 15 is 0 Å². The average Bonchev–Trinajstić information content (AvgIpc) is 3.84. The van der Waals surface area contributed by atoms with Crippen molar-refractivity contribution in [2.45, 2.75) is 37.5 Å². The maximum atomic E-state index is 13.7. The Morgan fingerprint density at radius 1 is 0.800 bits per heavy atom. The van der Waals surface area contributed by atoms with Crippen molar-refractivity contribution in [1.29, 1.82) is 0 Å². The van der Waals surface area contributed by atoms with E-state index in [-0.39, 0.29) is 48.2 Å². The number of pyridine rings is 1. The molecule has 0 saturated carbocycles. The van der Waals surface area contributed by atoms with Gasteiger partial charge in [0.05, 0.1) is 52.8 Å². The quantitative estimate of drug-likeness (QED) is 0.0950. The number of carbonyl (C=O) groups is 6. The summed E-state index contributed by atoms with van der Waals surface area (Å²) < 4.78 is 1.69. The average molecular weight is 847 g/mol. The Bertz CT molecular complexity index is 2640. The van der Waals surface area contributed by atoms with Gasteiger partial charge in [-0.05, 0) is 68.6 Å². The highest BCUT2D eigenvalue weighted by Gasteiger charge is 2.34. The lowest BCUT2D eigenvalue weighted by Crippen LogP contribution is -2.50. The number of anilines is 4. The van der Waals surface area contributed by atoms with Crippen LogP contribution in [0, 0.1) is 0 Å². The monoisotopic (exact) mass is 846 g/mol. The van der Waals surface area contributed by atoms with Crippen molar-refractivity contribution in [1.82, 2.24) is 31.2 Å². The fourth-order valence-corrected chi connectivity index (χ4v) is 9.76. The molecule has 1 fully saturated rings. The zero-order valence-corrected chi connectivity index (χ0v) is 34.3. The number of hydrogen-bond donors (Lipinski definition) is 8. The number of nitrogens with zero attached hydrogens (tertiary/aromatic N) is 2. The standard InChI is InChI=1S/C42H42N10O6S2/c1-5-33(53)49-28-14-24(47-39(55)21-7-9-31-25(11-21)35-37(59-31)41(57)46-20(3)15-44-35)16-43-27(28)13-23-17-45-36-26-12-22(8-10-32(26)60-38(36)42(58)48-23)40(56)51-30-19-52(4)18-29(30)50-34(54)6-2/h5-12,14,16,20,23,29-30,44-45H,1-2,13,15,17-19H2,3-4H3,(H,46,57)(H,47,55)(H,48,58)(H,49,53)(H,50,54)(H,51,56)/t20-,23-,29+,30-/m1/s1. The second kappa shape index (κ2) is 16.6. The minimum atomic E-state index is -0.482. The molecule has 8 rings (SSSR count). The Hall–Kier alpha value is -6.63. The second-order valence-corrected chi connectivity index (χ2v) is 17.1. The lowest BCUT2D eigenvalue weighted by Gasteiger charge is -2.20. The molecular formula is C42H42N10O6S2. The number of aromatic nitrogens is 1. The van der Waals surface area contributed by atoms with Crippen molar-refractivity contribution in [3.63, 3.8) is 0 Å². The summed E-state index contributed by atoms with van der Waals surface area (Å²) in [5.74, 6) is -1.96. The Morgan fingerprint density at radius 2 is 1.40 bits per heavy atom. The van der Waals surface area contributed by atoms with E-state index < -0.39 is 17.9 Å². The first-order valence-electron chi connectivity index (χ1n) is 19.3. The Labute approximate surface area is 352 Å². The van der Waals surface area contributed by atoms with E-state index in [1.807, 2.05) is 31.0 Å². The summed E-state index contributed by atoms with van der Waals surface area (Å²) in [6, 6.07) is 11.0. The zero-order valence-electron chi connectivity index (χ0n) is 32.7. The number of rotatable bonds is 10. The minimum absolute atomic E-state index is 0.0517. The van der Waals surface area contributed by atoms with E-state index in [9.17, 15) is 28.8 Å². The summed E-state index contributed by atoms with van der Waals surface area (Å²) in [6.45, 7) is 11.0. The van der Waals surface area contributed by atoms with Crippen LogP contribution in [-0.4, -0.2) is 103 Å². The van der Waals surface area contributed by atoms with Crippen LogP contribution in [0.1, 0.15) is 52.7 Å². The maximum Gasteiger partial charge on any atom is 0.263 e. The largest absolute Gasteiger partial charge is 0.381 e. The molecule has 60 heavy (non-hydrogen) atoms. The number of thiophene rings is 2. The van der Waals surface area contributed by atoms with E-state index in [1.165, 1.54) is 34.9 Å². The maximum absolute atomic E-state index is 13.7. The molecule has 8 N–H and O–H groups in total. The Kier molecular flexibility index (Phi) is 11.1. The van der Waals surface area contributed by atoms with Crippen molar-refractivity contribution >= 4 is 101 Å². The fraction of sp³-hybridized carbons (Fsp3) is 0.262. The summed E-state index contributed by atoms with van der Waals surface area (Å²) in [5, 5.41) is 25.9. The van der Waals surface area contributed by atoms with E-state index in [0.29, 0.717) is 75.5 Å². The Balaban J connectivity index is 0.975. The van der Waals surface area contributed by atoms with E-state index in [4.69, 9.17) is 0 Å².